The zero-order chi connectivity index (χ0) is 11.7. The maximum absolute atomic E-state index is 6.32. The van der Waals surface area contributed by atoms with Crippen LogP contribution in [0.4, 0.5) is 0 Å². The molecular formula is C14H17NS. The second-order valence-electron chi connectivity index (χ2n) is 4.31. The van der Waals surface area contributed by atoms with Crippen molar-refractivity contribution in [3.05, 3.63) is 56.8 Å². The van der Waals surface area contributed by atoms with Gasteiger partial charge < -0.3 is 5.73 Å². The molecule has 2 N–H and O–H groups in total. The number of thiophene rings is 1. The summed E-state index contributed by atoms with van der Waals surface area (Å²) in [5.74, 6) is 0. The quantitative estimate of drug-likeness (QED) is 0.837. The van der Waals surface area contributed by atoms with Crippen molar-refractivity contribution in [3.8, 4) is 0 Å². The van der Waals surface area contributed by atoms with E-state index in [1.165, 1.54) is 27.1 Å². The van der Waals surface area contributed by atoms with Crippen molar-refractivity contribution in [1.82, 2.24) is 0 Å². The smallest absolute Gasteiger partial charge is 0.0651 e. The second kappa shape index (κ2) is 4.40. The van der Waals surface area contributed by atoms with Crippen LogP contribution in [0.5, 0.6) is 0 Å². The molecule has 0 saturated heterocycles. The lowest BCUT2D eigenvalue weighted by molar-refractivity contribution is 0.870. The first kappa shape index (κ1) is 11.4. The molecule has 0 saturated carbocycles. The lowest BCUT2D eigenvalue weighted by Gasteiger charge is -2.17. The largest absolute Gasteiger partial charge is 0.320 e. The molecule has 0 aliphatic heterocycles. The van der Waals surface area contributed by atoms with E-state index >= 15 is 0 Å². The molecule has 0 spiro atoms. The van der Waals surface area contributed by atoms with Gasteiger partial charge in [0.05, 0.1) is 6.04 Å². The Balaban J connectivity index is 2.48. The predicted molar refractivity (Wildman–Crippen MR) is 71.0 cm³/mol. The molecule has 0 bridgehead atoms. The summed E-state index contributed by atoms with van der Waals surface area (Å²) in [6.45, 7) is 6.41. The van der Waals surface area contributed by atoms with E-state index in [1.54, 1.807) is 11.3 Å². The van der Waals surface area contributed by atoms with E-state index in [9.17, 15) is 0 Å². The summed E-state index contributed by atoms with van der Waals surface area (Å²) in [5, 5.41) is 2.08. The van der Waals surface area contributed by atoms with Crippen LogP contribution in [-0.2, 0) is 0 Å². The van der Waals surface area contributed by atoms with E-state index < -0.39 is 0 Å². The molecule has 2 rings (SSSR count). The van der Waals surface area contributed by atoms with Crippen molar-refractivity contribution in [3.63, 3.8) is 0 Å². The maximum Gasteiger partial charge on any atom is 0.0651 e. The van der Waals surface area contributed by atoms with Gasteiger partial charge in [-0.15, -0.1) is 11.3 Å². The summed E-state index contributed by atoms with van der Waals surface area (Å²) < 4.78 is 0. The van der Waals surface area contributed by atoms with Crippen molar-refractivity contribution >= 4 is 11.3 Å². The zero-order valence-electron chi connectivity index (χ0n) is 9.95. The highest BCUT2D eigenvalue weighted by molar-refractivity contribution is 7.10. The Morgan fingerprint density at radius 3 is 2.25 bits per heavy atom. The summed E-state index contributed by atoms with van der Waals surface area (Å²) in [7, 11) is 0. The lowest BCUT2D eigenvalue weighted by Crippen LogP contribution is -2.13. The molecule has 0 radical (unpaired) electrons. The fourth-order valence-electron chi connectivity index (χ4n) is 2.29. The van der Waals surface area contributed by atoms with Crippen LogP contribution in [0, 0.1) is 20.8 Å². The minimum Gasteiger partial charge on any atom is -0.320 e. The summed E-state index contributed by atoms with van der Waals surface area (Å²) >= 11 is 1.72. The topological polar surface area (TPSA) is 26.0 Å². The third-order valence-electron chi connectivity index (χ3n) is 2.90. The van der Waals surface area contributed by atoms with E-state index in [0.29, 0.717) is 0 Å². The van der Waals surface area contributed by atoms with Crippen molar-refractivity contribution in [2.24, 2.45) is 5.73 Å². The summed E-state index contributed by atoms with van der Waals surface area (Å²) in [5.41, 5.74) is 11.5. The average Bonchev–Trinajstić information content (AvgIpc) is 2.67. The van der Waals surface area contributed by atoms with Crippen LogP contribution in [0.3, 0.4) is 0 Å². The number of rotatable bonds is 2. The minimum atomic E-state index is 0.0144. The van der Waals surface area contributed by atoms with Gasteiger partial charge in [0, 0.05) is 4.88 Å². The molecule has 2 heteroatoms. The number of aryl methyl sites for hydroxylation is 3. The number of benzene rings is 1. The highest BCUT2D eigenvalue weighted by Gasteiger charge is 2.14. The third kappa shape index (κ3) is 2.04. The Hall–Kier alpha value is -1.12. The Morgan fingerprint density at radius 2 is 1.75 bits per heavy atom. The molecule has 0 aliphatic carbocycles. The molecule has 1 aromatic heterocycles. The van der Waals surface area contributed by atoms with Gasteiger partial charge in [-0.1, -0.05) is 23.8 Å². The summed E-state index contributed by atoms with van der Waals surface area (Å²) in [6, 6.07) is 8.58. The summed E-state index contributed by atoms with van der Waals surface area (Å²) in [4.78, 5) is 1.23. The second-order valence-corrected chi connectivity index (χ2v) is 5.28. The molecule has 16 heavy (non-hydrogen) atoms. The van der Waals surface area contributed by atoms with Gasteiger partial charge in [-0.2, -0.15) is 0 Å². The molecule has 1 nitrogen and oxygen atoms in total. The zero-order valence-corrected chi connectivity index (χ0v) is 10.8. The van der Waals surface area contributed by atoms with E-state index in [1.807, 2.05) is 0 Å². The Kier molecular flexibility index (Phi) is 3.13. The molecular weight excluding hydrogens is 214 g/mol. The lowest BCUT2D eigenvalue weighted by atomic mass is 9.94. The van der Waals surface area contributed by atoms with Gasteiger partial charge >= 0.3 is 0 Å². The first-order valence-corrected chi connectivity index (χ1v) is 6.34. The van der Waals surface area contributed by atoms with Crippen LogP contribution in [0.25, 0.3) is 0 Å². The Labute approximate surface area is 101 Å². The van der Waals surface area contributed by atoms with Gasteiger partial charge in [-0.3, -0.25) is 0 Å². The van der Waals surface area contributed by atoms with Crippen molar-refractivity contribution < 1.29 is 0 Å². The first-order chi connectivity index (χ1) is 7.59. The highest BCUT2D eigenvalue weighted by Crippen LogP contribution is 2.29. The Bertz CT molecular complexity index is 462. The third-order valence-corrected chi connectivity index (χ3v) is 3.85. The minimum absolute atomic E-state index is 0.0144. The van der Waals surface area contributed by atoms with E-state index in [0.717, 1.165) is 0 Å². The molecule has 84 valence electrons. The average molecular weight is 231 g/mol. The van der Waals surface area contributed by atoms with Crippen molar-refractivity contribution in [2.75, 3.05) is 0 Å². The summed E-state index contributed by atoms with van der Waals surface area (Å²) in [6.07, 6.45) is 0. The molecule has 0 aliphatic rings. The van der Waals surface area contributed by atoms with Crippen LogP contribution in [-0.4, -0.2) is 0 Å². The number of hydrogen-bond donors (Lipinski definition) is 1. The van der Waals surface area contributed by atoms with Gasteiger partial charge in [0.25, 0.3) is 0 Å². The fraction of sp³-hybridized carbons (Fsp3) is 0.286. The molecule has 0 fully saturated rings. The van der Waals surface area contributed by atoms with Gasteiger partial charge in [-0.05, 0) is 48.9 Å². The van der Waals surface area contributed by atoms with Gasteiger partial charge in [-0.25, -0.2) is 0 Å². The van der Waals surface area contributed by atoms with Gasteiger partial charge in [0.2, 0.25) is 0 Å². The van der Waals surface area contributed by atoms with Crippen LogP contribution < -0.4 is 5.73 Å². The normalized spacial score (nSPS) is 12.8. The van der Waals surface area contributed by atoms with Crippen LogP contribution in [0.15, 0.2) is 29.6 Å². The van der Waals surface area contributed by atoms with Crippen LogP contribution in [0.1, 0.15) is 33.2 Å². The fourth-order valence-corrected chi connectivity index (χ4v) is 3.03. The highest BCUT2D eigenvalue weighted by atomic mass is 32.1. The monoisotopic (exact) mass is 231 g/mol. The van der Waals surface area contributed by atoms with Crippen molar-refractivity contribution in [2.45, 2.75) is 26.8 Å². The maximum atomic E-state index is 6.32. The molecule has 1 heterocycles. The number of hydrogen-bond acceptors (Lipinski definition) is 2. The van der Waals surface area contributed by atoms with E-state index in [2.05, 4.69) is 50.4 Å². The molecule has 1 atom stereocenters. The first-order valence-electron chi connectivity index (χ1n) is 5.46. The Morgan fingerprint density at radius 1 is 1.12 bits per heavy atom. The molecule has 1 aromatic carbocycles. The van der Waals surface area contributed by atoms with Gasteiger partial charge in [0.1, 0.15) is 0 Å². The molecule has 1 unspecified atom stereocenters. The predicted octanol–water partition coefficient (Wildman–Crippen LogP) is 3.72. The SMILES string of the molecule is Cc1cc(C)c(C(N)c2cccs2)c(C)c1. The van der Waals surface area contributed by atoms with Gasteiger partial charge in [0.15, 0.2) is 0 Å². The van der Waals surface area contributed by atoms with Crippen molar-refractivity contribution in [1.29, 1.82) is 0 Å². The van der Waals surface area contributed by atoms with E-state index in [-0.39, 0.29) is 6.04 Å². The standard InChI is InChI=1S/C14H17NS/c1-9-7-10(2)13(11(3)8-9)14(15)12-5-4-6-16-12/h4-8,14H,15H2,1-3H3. The number of nitrogens with two attached hydrogens (primary N) is 1. The molecule has 2 aromatic rings. The molecule has 0 amide bonds. The van der Waals surface area contributed by atoms with E-state index in [4.69, 9.17) is 5.73 Å². The van der Waals surface area contributed by atoms with Crippen LogP contribution in [0.2, 0.25) is 0 Å². The van der Waals surface area contributed by atoms with Crippen LogP contribution >= 0.6 is 11.3 Å².